The Bertz CT molecular complexity index is 1540. The third kappa shape index (κ3) is 5.97. The van der Waals surface area contributed by atoms with Gasteiger partial charge in [0.1, 0.15) is 18.0 Å². The van der Waals surface area contributed by atoms with Crippen molar-refractivity contribution >= 4 is 72.7 Å². The summed E-state index contributed by atoms with van der Waals surface area (Å²) < 4.78 is 5.70. The van der Waals surface area contributed by atoms with Crippen LogP contribution in [0.25, 0.3) is 0 Å². The zero-order chi connectivity index (χ0) is 30.1. The molecule has 3 aromatic carbocycles. The van der Waals surface area contributed by atoms with Crippen LogP contribution in [-0.2, 0) is 9.59 Å². The smallest absolute Gasteiger partial charge is 0.274 e. The molecule has 1 aliphatic heterocycles. The highest BCUT2D eigenvalue weighted by molar-refractivity contribution is 9.12. The highest BCUT2D eigenvalue weighted by Gasteiger charge is 2.54. The number of non-ortho nitro benzene ring substituents is 1. The molecule has 4 atom stereocenters. The van der Waals surface area contributed by atoms with E-state index < -0.39 is 46.8 Å². The Kier molecular flexibility index (Phi) is 8.76. The van der Waals surface area contributed by atoms with Crippen molar-refractivity contribution < 1.29 is 28.8 Å². The van der Waals surface area contributed by atoms with Gasteiger partial charge >= 0.3 is 0 Å². The molecule has 2 aliphatic rings. The lowest BCUT2D eigenvalue weighted by Gasteiger charge is -2.30. The molecule has 0 N–H and O–H groups in total. The number of alkyl halides is 2. The summed E-state index contributed by atoms with van der Waals surface area (Å²) >= 11 is 13.4. The number of halogens is 3. The van der Waals surface area contributed by atoms with Crippen molar-refractivity contribution in [1.82, 2.24) is 10.0 Å². The average Bonchev–Trinajstić information content (AvgIpc) is 3.20. The fourth-order valence-corrected chi connectivity index (χ4v) is 6.48. The molecule has 0 bridgehead atoms. The van der Waals surface area contributed by atoms with Gasteiger partial charge in [-0.1, -0.05) is 55.6 Å². The number of ketones is 1. The first-order valence-corrected chi connectivity index (χ1v) is 15.0. The molecule has 1 saturated carbocycles. The Morgan fingerprint density at radius 2 is 1.43 bits per heavy atom. The van der Waals surface area contributed by atoms with Crippen LogP contribution in [0.2, 0.25) is 5.02 Å². The van der Waals surface area contributed by atoms with Crippen molar-refractivity contribution in [3.8, 4) is 11.5 Å². The van der Waals surface area contributed by atoms with Crippen LogP contribution in [0.4, 0.5) is 5.69 Å². The number of fused-ring (bicyclic) bond motifs is 1. The molecule has 1 saturated heterocycles. The van der Waals surface area contributed by atoms with Gasteiger partial charge < -0.3 is 4.74 Å². The molecule has 3 aromatic rings. The van der Waals surface area contributed by atoms with Crippen LogP contribution in [0.3, 0.4) is 0 Å². The Hall–Kier alpha value is -3.61. The van der Waals surface area contributed by atoms with Crippen molar-refractivity contribution in [3.63, 3.8) is 0 Å². The van der Waals surface area contributed by atoms with Gasteiger partial charge in [-0.2, -0.15) is 5.01 Å². The topological polar surface area (TPSA) is 127 Å². The minimum Gasteiger partial charge on any atom is -0.457 e. The predicted molar refractivity (Wildman–Crippen MR) is 160 cm³/mol. The molecule has 0 unspecified atom stereocenters. The number of nitro groups is 1. The SMILES string of the molecule is O=C(CN(C(=O)c1ccccc1Cl)N1C(=O)[C@H]2C[C@@H](Br)[C@@H](Br)C[C@H]2C1=O)c1ccc(Oc2ccc([N+](=O)[O-])cc2)cc1. The first-order chi connectivity index (χ1) is 20.0. The minimum atomic E-state index is -0.752. The maximum atomic E-state index is 13.7. The molecule has 0 radical (unpaired) electrons. The van der Waals surface area contributed by atoms with Crippen LogP contribution >= 0.6 is 43.5 Å². The van der Waals surface area contributed by atoms with Crippen LogP contribution in [0.5, 0.6) is 11.5 Å². The van der Waals surface area contributed by atoms with E-state index in [2.05, 4.69) is 31.9 Å². The molecule has 216 valence electrons. The van der Waals surface area contributed by atoms with E-state index in [0.29, 0.717) is 24.3 Å². The van der Waals surface area contributed by atoms with E-state index in [1.807, 2.05) is 0 Å². The Morgan fingerprint density at radius 1 is 0.905 bits per heavy atom. The molecule has 0 aromatic heterocycles. The summed E-state index contributed by atoms with van der Waals surface area (Å²) in [6, 6.07) is 17.8. The molecule has 13 heteroatoms. The van der Waals surface area contributed by atoms with Crippen molar-refractivity contribution in [1.29, 1.82) is 0 Å². The normalized spacial score (nSPS) is 21.5. The largest absolute Gasteiger partial charge is 0.457 e. The third-order valence-electron chi connectivity index (χ3n) is 7.22. The number of carbonyl (C=O) groups excluding carboxylic acids is 4. The van der Waals surface area contributed by atoms with Gasteiger partial charge in [0, 0.05) is 27.4 Å². The number of rotatable bonds is 8. The van der Waals surface area contributed by atoms with E-state index in [9.17, 15) is 29.3 Å². The summed E-state index contributed by atoms with van der Waals surface area (Å²) in [7, 11) is 0. The molecule has 5 rings (SSSR count). The second kappa shape index (κ2) is 12.3. The second-order valence-corrected chi connectivity index (χ2v) is 12.6. The van der Waals surface area contributed by atoms with Gasteiger partial charge in [-0.05, 0) is 61.4 Å². The van der Waals surface area contributed by atoms with Crippen molar-refractivity contribution in [2.24, 2.45) is 11.8 Å². The summed E-state index contributed by atoms with van der Waals surface area (Å²) in [4.78, 5) is 64.5. The lowest BCUT2D eigenvalue weighted by molar-refractivity contribution is -0.384. The molecular formula is C29H22Br2ClN3O7. The van der Waals surface area contributed by atoms with Crippen LogP contribution in [-0.4, -0.2) is 54.6 Å². The minimum absolute atomic E-state index is 0.0310. The number of carbonyl (C=O) groups is 4. The standard InChI is InChI=1S/C29H22Br2ClN3O7/c30-23-13-21-22(14-24(23)31)29(39)34(28(21)38)33(27(37)20-3-1-2-4-25(20)32)15-26(36)16-5-9-18(10-6-16)42-19-11-7-17(8-12-19)35(40)41/h1-12,21-24H,13-15H2/t21-,22+,23+,24-. The summed E-state index contributed by atoms with van der Waals surface area (Å²) in [5, 5.41) is 12.7. The van der Waals surface area contributed by atoms with Gasteiger partial charge in [-0.25, -0.2) is 5.01 Å². The second-order valence-electron chi connectivity index (χ2n) is 9.85. The van der Waals surface area contributed by atoms with Crippen LogP contribution in [0, 0.1) is 22.0 Å². The molecule has 1 heterocycles. The molecule has 42 heavy (non-hydrogen) atoms. The molecule has 2 fully saturated rings. The van der Waals surface area contributed by atoms with Gasteiger partial charge in [-0.15, -0.1) is 0 Å². The van der Waals surface area contributed by atoms with E-state index in [4.69, 9.17) is 16.3 Å². The number of nitro benzene ring substituents is 1. The lowest BCUT2D eigenvalue weighted by Crippen LogP contribution is -2.52. The number of Topliss-reactive ketones (excluding diaryl/α,β-unsaturated/α-hetero) is 1. The fourth-order valence-electron chi connectivity index (χ4n) is 5.03. The number of imide groups is 1. The van der Waals surface area contributed by atoms with Gasteiger partial charge in [-0.3, -0.25) is 29.3 Å². The number of ether oxygens (including phenoxy) is 1. The monoisotopic (exact) mass is 717 g/mol. The molecule has 0 spiro atoms. The lowest BCUT2D eigenvalue weighted by atomic mass is 9.81. The van der Waals surface area contributed by atoms with E-state index in [1.54, 1.807) is 12.1 Å². The molecule has 10 nitrogen and oxygen atoms in total. The zero-order valence-electron chi connectivity index (χ0n) is 21.7. The van der Waals surface area contributed by atoms with E-state index in [1.165, 1.54) is 60.7 Å². The molecule has 1 aliphatic carbocycles. The highest BCUT2D eigenvalue weighted by Crippen LogP contribution is 2.44. The van der Waals surface area contributed by atoms with E-state index in [0.717, 1.165) is 10.0 Å². The van der Waals surface area contributed by atoms with Crippen LogP contribution in [0.1, 0.15) is 33.6 Å². The number of hydrazine groups is 1. The Labute approximate surface area is 261 Å². The summed E-state index contributed by atoms with van der Waals surface area (Å²) in [6.45, 7) is -0.584. The first-order valence-electron chi connectivity index (χ1n) is 12.8. The van der Waals surface area contributed by atoms with Gasteiger partial charge in [0.15, 0.2) is 5.78 Å². The van der Waals surface area contributed by atoms with E-state index in [-0.39, 0.29) is 31.5 Å². The molecular weight excluding hydrogens is 698 g/mol. The maximum Gasteiger partial charge on any atom is 0.274 e. The zero-order valence-corrected chi connectivity index (χ0v) is 25.6. The highest BCUT2D eigenvalue weighted by atomic mass is 79.9. The van der Waals surface area contributed by atoms with Gasteiger partial charge in [0.05, 0.1) is 27.3 Å². The third-order valence-corrected chi connectivity index (χ3v) is 10.3. The quantitative estimate of drug-likeness (QED) is 0.0892. The number of benzene rings is 3. The average molecular weight is 720 g/mol. The number of nitrogens with zero attached hydrogens (tertiary/aromatic N) is 3. The maximum absolute atomic E-state index is 13.7. The van der Waals surface area contributed by atoms with Crippen LogP contribution in [0.15, 0.2) is 72.8 Å². The summed E-state index contributed by atoms with van der Waals surface area (Å²) in [5.41, 5.74) is 0.180. The van der Waals surface area contributed by atoms with Crippen molar-refractivity contribution in [3.05, 3.63) is 99.1 Å². The van der Waals surface area contributed by atoms with Crippen molar-refractivity contribution in [2.75, 3.05) is 6.54 Å². The predicted octanol–water partition coefficient (Wildman–Crippen LogP) is 6.20. The Balaban J connectivity index is 1.39. The fraction of sp³-hybridized carbons (Fsp3) is 0.241. The Morgan fingerprint density at radius 3 is 1.95 bits per heavy atom. The summed E-state index contributed by atoms with van der Waals surface area (Å²) in [6.07, 6.45) is 0.805. The van der Waals surface area contributed by atoms with Crippen LogP contribution < -0.4 is 4.74 Å². The van der Waals surface area contributed by atoms with E-state index >= 15 is 0 Å². The van der Waals surface area contributed by atoms with Gasteiger partial charge in [0.2, 0.25) is 0 Å². The van der Waals surface area contributed by atoms with Gasteiger partial charge in [0.25, 0.3) is 23.4 Å². The first kappa shape index (κ1) is 29.9. The van der Waals surface area contributed by atoms with Crippen molar-refractivity contribution in [2.45, 2.75) is 22.5 Å². The number of amides is 3. The summed E-state index contributed by atoms with van der Waals surface area (Å²) in [5.74, 6) is -2.86. The number of hydrogen-bond acceptors (Lipinski definition) is 7. The number of hydrogen-bond donors (Lipinski definition) is 0. The molecule has 3 amide bonds.